The number of benzene rings is 1. The van der Waals surface area contributed by atoms with Crippen molar-refractivity contribution in [1.29, 1.82) is 0 Å². The molecule has 2 heterocycles. The van der Waals surface area contributed by atoms with Gasteiger partial charge >= 0.3 is 0 Å². The van der Waals surface area contributed by atoms with Crippen molar-refractivity contribution in [3.63, 3.8) is 0 Å². The second-order valence-electron chi connectivity index (χ2n) is 4.14. The van der Waals surface area contributed by atoms with Gasteiger partial charge in [-0.05, 0) is 31.2 Å². The van der Waals surface area contributed by atoms with Gasteiger partial charge < -0.3 is 4.57 Å². The minimum absolute atomic E-state index is 0.721. The van der Waals surface area contributed by atoms with Crippen LogP contribution in [-0.4, -0.2) is 19.3 Å². The molecule has 0 unspecified atom stereocenters. The molecule has 0 spiro atoms. The van der Waals surface area contributed by atoms with Crippen LogP contribution in [0.15, 0.2) is 36.8 Å². The largest absolute Gasteiger partial charge is 0.340 e. The number of hydrogen-bond acceptors (Lipinski definition) is 2. The number of fused-ring (bicyclic) bond motifs is 1. The summed E-state index contributed by atoms with van der Waals surface area (Å²) in [6, 6.07) is 7.97. The number of hydrogen-bond donors (Lipinski definition) is 0. The van der Waals surface area contributed by atoms with E-state index in [2.05, 4.69) is 33.8 Å². The van der Waals surface area contributed by atoms with Crippen molar-refractivity contribution in [1.82, 2.24) is 19.3 Å². The van der Waals surface area contributed by atoms with E-state index in [-0.39, 0.29) is 0 Å². The predicted molar refractivity (Wildman–Crippen MR) is 71.7 cm³/mol. The summed E-state index contributed by atoms with van der Waals surface area (Å²) >= 11 is 5.98. The Kier molecular flexibility index (Phi) is 2.80. The van der Waals surface area contributed by atoms with Gasteiger partial charge in [0.15, 0.2) is 0 Å². The highest BCUT2D eigenvalue weighted by atomic mass is 35.5. The molecular formula is C13H13ClN4. The van der Waals surface area contributed by atoms with Crippen molar-refractivity contribution in [3.8, 4) is 0 Å². The zero-order valence-electron chi connectivity index (χ0n) is 10.0. The summed E-state index contributed by atoms with van der Waals surface area (Å²) in [5.74, 6) is 0.963. The van der Waals surface area contributed by atoms with Crippen LogP contribution in [0, 0.1) is 0 Å². The lowest BCUT2D eigenvalue weighted by molar-refractivity contribution is 0.597. The highest BCUT2D eigenvalue weighted by molar-refractivity contribution is 6.31. The Morgan fingerprint density at radius 1 is 1.28 bits per heavy atom. The SMILES string of the molecule is CCn1ncnc1Cn1ccc2cc(Cl)ccc21. The van der Waals surface area contributed by atoms with Crippen LogP contribution in [0.2, 0.25) is 5.02 Å². The van der Waals surface area contributed by atoms with Gasteiger partial charge in [0.2, 0.25) is 0 Å². The number of halogens is 1. The summed E-state index contributed by atoms with van der Waals surface area (Å²) in [6.45, 7) is 3.62. The van der Waals surface area contributed by atoms with Crippen LogP contribution in [0.4, 0.5) is 0 Å². The van der Waals surface area contributed by atoms with Crippen LogP contribution in [0.25, 0.3) is 10.9 Å². The monoisotopic (exact) mass is 260 g/mol. The van der Waals surface area contributed by atoms with Crippen LogP contribution in [0.1, 0.15) is 12.7 Å². The first-order valence-corrected chi connectivity index (χ1v) is 6.27. The molecule has 0 radical (unpaired) electrons. The molecule has 0 N–H and O–H groups in total. The fourth-order valence-corrected chi connectivity index (χ4v) is 2.32. The second-order valence-corrected chi connectivity index (χ2v) is 4.58. The fraction of sp³-hybridized carbons (Fsp3) is 0.231. The van der Waals surface area contributed by atoms with Crippen molar-refractivity contribution in [3.05, 3.63) is 47.6 Å². The third-order valence-electron chi connectivity index (χ3n) is 3.04. The average Bonchev–Trinajstić information content (AvgIpc) is 2.96. The average molecular weight is 261 g/mol. The third kappa shape index (κ3) is 1.88. The second kappa shape index (κ2) is 4.46. The van der Waals surface area contributed by atoms with Gasteiger partial charge in [-0.25, -0.2) is 9.67 Å². The molecule has 0 saturated heterocycles. The Morgan fingerprint density at radius 2 is 2.17 bits per heavy atom. The Balaban J connectivity index is 2.00. The van der Waals surface area contributed by atoms with Gasteiger partial charge in [-0.3, -0.25) is 0 Å². The highest BCUT2D eigenvalue weighted by Gasteiger charge is 2.06. The van der Waals surface area contributed by atoms with Gasteiger partial charge in [0.25, 0.3) is 0 Å². The van der Waals surface area contributed by atoms with E-state index in [9.17, 15) is 0 Å². The van der Waals surface area contributed by atoms with E-state index in [4.69, 9.17) is 11.6 Å². The standard InChI is InChI=1S/C13H13ClN4/c1-2-18-13(15-9-16-18)8-17-6-5-10-7-11(14)3-4-12(10)17/h3-7,9H,2,8H2,1H3. The highest BCUT2D eigenvalue weighted by Crippen LogP contribution is 2.21. The van der Waals surface area contributed by atoms with E-state index >= 15 is 0 Å². The van der Waals surface area contributed by atoms with E-state index in [0.717, 1.165) is 34.8 Å². The minimum Gasteiger partial charge on any atom is -0.340 e. The topological polar surface area (TPSA) is 35.6 Å². The number of nitrogens with zero attached hydrogens (tertiary/aromatic N) is 4. The summed E-state index contributed by atoms with van der Waals surface area (Å²) in [7, 11) is 0. The van der Waals surface area contributed by atoms with Gasteiger partial charge in [0.05, 0.1) is 6.54 Å². The molecule has 0 amide bonds. The third-order valence-corrected chi connectivity index (χ3v) is 3.28. The van der Waals surface area contributed by atoms with Crippen molar-refractivity contribution < 1.29 is 0 Å². The summed E-state index contributed by atoms with van der Waals surface area (Å²) in [5.41, 5.74) is 1.16. The van der Waals surface area contributed by atoms with E-state index < -0.39 is 0 Å². The van der Waals surface area contributed by atoms with Crippen LogP contribution in [0.5, 0.6) is 0 Å². The smallest absolute Gasteiger partial charge is 0.146 e. The molecule has 18 heavy (non-hydrogen) atoms. The molecule has 3 rings (SSSR count). The molecule has 4 nitrogen and oxygen atoms in total. The van der Waals surface area contributed by atoms with Crippen molar-refractivity contribution >= 4 is 22.5 Å². The molecule has 0 atom stereocenters. The maximum atomic E-state index is 5.98. The zero-order chi connectivity index (χ0) is 12.5. The maximum absolute atomic E-state index is 5.98. The lowest BCUT2D eigenvalue weighted by Crippen LogP contribution is -2.08. The van der Waals surface area contributed by atoms with E-state index in [1.165, 1.54) is 0 Å². The van der Waals surface area contributed by atoms with Crippen LogP contribution < -0.4 is 0 Å². The van der Waals surface area contributed by atoms with Gasteiger partial charge in [-0.2, -0.15) is 5.10 Å². The molecule has 0 bridgehead atoms. The molecule has 1 aromatic carbocycles. The zero-order valence-corrected chi connectivity index (χ0v) is 10.8. The van der Waals surface area contributed by atoms with E-state index in [0.29, 0.717) is 0 Å². The summed E-state index contributed by atoms with van der Waals surface area (Å²) in [6.07, 6.45) is 3.65. The lowest BCUT2D eigenvalue weighted by atomic mass is 10.2. The van der Waals surface area contributed by atoms with Crippen molar-refractivity contribution in [2.24, 2.45) is 0 Å². The Morgan fingerprint density at radius 3 is 3.00 bits per heavy atom. The van der Waals surface area contributed by atoms with Crippen LogP contribution >= 0.6 is 11.6 Å². The summed E-state index contributed by atoms with van der Waals surface area (Å²) in [5, 5.41) is 6.09. The van der Waals surface area contributed by atoms with Gasteiger partial charge in [0.1, 0.15) is 12.2 Å². The first-order chi connectivity index (χ1) is 8.78. The molecule has 0 aliphatic carbocycles. The van der Waals surface area contributed by atoms with Crippen molar-refractivity contribution in [2.45, 2.75) is 20.0 Å². The Hall–Kier alpha value is -1.81. The first kappa shape index (κ1) is 11.3. The molecule has 0 fully saturated rings. The molecule has 0 aliphatic heterocycles. The number of rotatable bonds is 3. The molecule has 0 aliphatic rings. The number of aryl methyl sites for hydroxylation is 1. The molecule has 0 saturated carbocycles. The van der Waals surface area contributed by atoms with Gasteiger partial charge in [-0.1, -0.05) is 11.6 Å². The Labute approximate surface area is 110 Å². The lowest BCUT2D eigenvalue weighted by Gasteiger charge is -2.06. The fourth-order valence-electron chi connectivity index (χ4n) is 2.14. The quantitative estimate of drug-likeness (QED) is 0.726. The molecule has 5 heteroatoms. The first-order valence-electron chi connectivity index (χ1n) is 5.89. The van der Waals surface area contributed by atoms with E-state index in [1.807, 2.05) is 22.9 Å². The molecule has 2 aromatic heterocycles. The molecule has 3 aromatic rings. The van der Waals surface area contributed by atoms with Gasteiger partial charge in [-0.15, -0.1) is 0 Å². The normalized spacial score (nSPS) is 11.2. The number of aromatic nitrogens is 4. The van der Waals surface area contributed by atoms with Gasteiger partial charge in [0, 0.05) is 28.7 Å². The van der Waals surface area contributed by atoms with Crippen LogP contribution in [-0.2, 0) is 13.1 Å². The summed E-state index contributed by atoms with van der Waals surface area (Å²) in [4.78, 5) is 4.29. The minimum atomic E-state index is 0.721. The molecule has 92 valence electrons. The molecular weight excluding hydrogens is 248 g/mol. The van der Waals surface area contributed by atoms with Crippen LogP contribution in [0.3, 0.4) is 0 Å². The van der Waals surface area contributed by atoms with Crippen molar-refractivity contribution in [2.75, 3.05) is 0 Å². The van der Waals surface area contributed by atoms with E-state index in [1.54, 1.807) is 6.33 Å². The maximum Gasteiger partial charge on any atom is 0.146 e. The Bertz CT molecular complexity index is 683. The predicted octanol–water partition coefficient (Wildman–Crippen LogP) is 2.95. The summed E-state index contributed by atoms with van der Waals surface area (Å²) < 4.78 is 4.06.